The number of aromatic carboxylic acids is 1. The van der Waals surface area contributed by atoms with Crippen LogP contribution in [0.3, 0.4) is 0 Å². The largest absolute Gasteiger partial charge is 0.478 e. The van der Waals surface area contributed by atoms with Crippen LogP contribution in [0.4, 0.5) is 10.5 Å². The van der Waals surface area contributed by atoms with Crippen molar-refractivity contribution >= 4 is 38.7 Å². The minimum Gasteiger partial charge on any atom is -0.478 e. The number of nitrogens with zero attached hydrogens (tertiary/aromatic N) is 1. The summed E-state index contributed by atoms with van der Waals surface area (Å²) in [6.45, 7) is 3.28. The molecule has 0 aromatic heterocycles. The lowest BCUT2D eigenvalue weighted by Gasteiger charge is -2.14. The lowest BCUT2D eigenvalue weighted by atomic mass is 10.1. The van der Waals surface area contributed by atoms with Gasteiger partial charge in [0.2, 0.25) is 0 Å². The summed E-state index contributed by atoms with van der Waals surface area (Å²) in [6.07, 6.45) is 0. The number of anilines is 1. The molecule has 2 rings (SSSR count). The van der Waals surface area contributed by atoms with Crippen LogP contribution in [0.15, 0.2) is 46.2 Å². The number of hydrogen-bond donors (Lipinski definition) is 2. The Bertz CT molecular complexity index is 1000. The van der Waals surface area contributed by atoms with E-state index < -0.39 is 16.0 Å². The first kappa shape index (κ1) is 20.8. The van der Waals surface area contributed by atoms with Gasteiger partial charge in [0.05, 0.1) is 10.5 Å². The van der Waals surface area contributed by atoms with Crippen molar-refractivity contribution in [2.75, 3.05) is 18.8 Å². The van der Waals surface area contributed by atoms with Crippen molar-refractivity contribution in [1.29, 1.82) is 0 Å². The number of sulfonamides is 1. The maximum atomic E-state index is 12.8. The standard InChI is InChI=1S/C18H20N2O5S2/c1-11-8-13(17(21)22)9-16(12(11)2)27(24,25)19-14-6-5-7-15(10-14)26-18(23)20(3)4/h5-10,19H,1-4H3,(H,21,22). The summed E-state index contributed by atoms with van der Waals surface area (Å²) in [5.41, 5.74) is 1.22. The highest BCUT2D eigenvalue weighted by Crippen LogP contribution is 2.27. The Morgan fingerprint density at radius 2 is 1.78 bits per heavy atom. The van der Waals surface area contributed by atoms with Crippen molar-refractivity contribution in [3.8, 4) is 0 Å². The SMILES string of the molecule is Cc1cc(C(=O)O)cc(S(=O)(=O)Nc2cccc(SC(=O)N(C)C)c2)c1C. The number of carboxylic acids is 1. The van der Waals surface area contributed by atoms with Gasteiger partial charge in [0, 0.05) is 24.7 Å². The minimum atomic E-state index is -4.00. The van der Waals surface area contributed by atoms with E-state index in [0.717, 1.165) is 17.8 Å². The van der Waals surface area contributed by atoms with Crippen molar-refractivity contribution in [3.05, 3.63) is 53.1 Å². The second-order valence-corrected chi connectivity index (χ2v) is 8.79. The van der Waals surface area contributed by atoms with E-state index in [-0.39, 0.29) is 21.4 Å². The summed E-state index contributed by atoms with van der Waals surface area (Å²) >= 11 is 0.974. The number of nitrogens with one attached hydrogen (secondary N) is 1. The third kappa shape index (κ3) is 5.01. The van der Waals surface area contributed by atoms with Gasteiger partial charge in [0.25, 0.3) is 15.3 Å². The molecule has 27 heavy (non-hydrogen) atoms. The second kappa shape index (κ2) is 8.01. The molecule has 0 saturated carbocycles. The Labute approximate surface area is 162 Å². The van der Waals surface area contributed by atoms with Gasteiger partial charge in [-0.25, -0.2) is 13.2 Å². The first-order valence-corrected chi connectivity index (χ1v) is 10.2. The first-order chi connectivity index (χ1) is 12.5. The number of aryl methyl sites for hydroxylation is 1. The van der Waals surface area contributed by atoms with E-state index in [2.05, 4.69) is 4.72 Å². The summed E-state index contributed by atoms with van der Waals surface area (Å²) in [5, 5.41) is 9.01. The number of amides is 1. The number of carbonyl (C=O) groups excluding carboxylic acids is 1. The van der Waals surface area contributed by atoms with Gasteiger partial charge < -0.3 is 10.0 Å². The summed E-state index contributed by atoms with van der Waals surface area (Å²) in [7, 11) is -0.747. The molecule has 144 valence electrons. The molecule has 0 bridgehead atoms. The molecular weight excluding hydrogens is 388 g/mol. The molecular formula is C18H20N2O5S2. The average Bonchev–Trinajstić information content (AvgIpc) is 2.56. The molecule has 0 radical (unpaired) electrons. The molecule has 0 atom stereocenters. The van der Waals surface area contributed by atoms with Crippen LogP contribution in [-0.2, 0) is 10.0 Å². The van der Waals surface area contributed by atoms with Crippen LogP contribution in [-0.4, -0.2) is 43.7 Å². The summed E-state index contributed by atoms with van der Waals surface area (Å²) in [6, 6.07) is 9.01. The van der Waals surface area contributed by atoms with Crippen LogP contribution in [0.25, 0.3) is 0 Å². The Kier molecular flexibility index (Phi) is 6.17. The molecule has 2 N–H and O–H groups in total. The third-order valence-electron chi connectivity index (χ3n) is 3.81. The molecule has 0 aliphatic rings. The molecule has 7 nitrogen and oxygen atoms in total. The van der Waals surface area contributed by atoms with Gasteiger partial charge in [-0.1, -0.05) is 6.07 Å². The molecule has 1 amide bonds. The topological polar surface area (TPSA) is 104 Å². The van der Waals surface area contributed by atoms with E-state index in [1.165, 1.54) is 11.0 Å². The number of rotatable bonds is 5. The monoisotopic (exact) mass is 408 g/mol. The first-order valence-electron chi connectivity index (χ1n) is 7.88. The fraction of sp³-hybridized carbons (Fsp3) is 0.222. The number of hydrogen-bond acceptors (Lipinski definition) is 5. The molecule has 0 unspecified atom stereocenters. The molecule has 0 heterocycles. The van der Waals surface area contributed by atoms with Crippen LogP contribution in [0, 0.1) is 13.8 Å². The predicted octanol–water partition coefficient (Wildman–Crippen LogP) is 3.58. The van der Waals surface area contributed by atoms with Gasteiger partial charge in [-0.05, 0) is 67.1 Å². The highest BCUT2D eigenvalue weighted by Gasteiger charge is 2.21. The fourth-order valence-corrected chi connectivity index (χ4v) is 4.37. The van der Waals surface area contributed by atoms with E-state index in [1.54, 1.807) is 52.2 Å². The molecule has 0 spiro atoms. The zero-order valence-electron chi connectivity index (χ0n) is 15.3. The molecule has 0 aliphatic carbocycles. The summed E-state index contributed by atoms with van der Waals surface area (Å²) < 4.78 is 28.1. The molecule has 9 heteroatoms. The summed E-state index contributed by atoms with van der Waals surface area (Å²) in [4.78, 5) is 25.0. The predicted molar refractivity (Wildman–Crippen MR) is 105 cm³/mol. The van der Waals surface area contributed by atoms with E-state index >= 15 is 0 Å². The van der Waals surface area contributed by atoms with E-state index in [4.69, 9.17) is 0 Å². The van der Waals surface area contributed by atoms with Gasteiger partial charge in [0.1, 0.15) is 0 Å². The highest BCUT2D eigenvalue weighted by atomic mass is 32.2. The van der Waals surface area contributed by atoms with Gasteiger partial charge >= 0.3 is 5.97 Å². The van der Waals surface area contributed by atoms with Crippen molar-refractivity contribution in [2.45, 2.75) is 23.6 Å². The number of benzene rings is 2. The van der Waals surface area contributed by atoms with Gasteiger partial charge in [-0.15, -0.1) is 0 Å². The van der Waals surface area contributed by atoms with Gasteiger partial charge in [-0.2, -0.15) is 0 Å². The molecule has 0 fully saturated rings. The van der Waals surface area contributed by atoms with Crippen LogP contribution >= 0.6 is 11.8 Å². The smallest absolute Gasteiger partial charge is 0.335 e. The molecule has 2 aromatic carbocycles. The van der Waals surface area contributed by atoms with Crippen molar-refractivity contribution in [1.82, 2.24) is 4.90 Å². The van der Waals surface area contributed by atoms with Crippen molar-refractivity contribution in [2.24, 2.45) is 0 Å². The number of thioether (sulfide) groups is 1. The van der Waals surface area contributed by atoms with Crippen molar-refractivity contribution < 1.29 is 23.1 Å². The summed E-state index contributed by atoms with van der Waals surface area (Å²) in [5.74, 6) is -1.20. The Balaban J connectivity index is 2.37. The van der Waals surface area contributed by atoms with Crippen LogP contribution in [0.5, 0.6) is 0 Å². The zero-order valence-corrected chi connectivity index (χ0v) is 16.9. The van der Waals surface area contributed by atoms with E-state index in [0.29, 0.717) is 16.0 Å². The Morgan fingerprint density at radius 1 is 1.11 bits per heavy atom. The van der Waals surface area contributed by atoms with Crippen LogP contribution in [0.2, 0.25) is 0 Å². The van der Waals surface area contributed by atoms with Crippen molar-refractivity contribution in [3.63, 3.8) is 0 Å². The van der Waals surface area contributed by atoms with Gasteiger partial charge in [-0.3, -0.25) is 9.52 Å². The highest BCUT2D eigenvalue weighted by molar-refractivity contribution is 8.13. The normalized spacial score (nSPS) is 11.1. The molecule has 0 aliphatic heterocycles. The maximum absolute atomic E-state index is 12.8. The van der Waals surface area contributed by atoms with Gasteiger partial charge in [0.15, 0.2) is 0 Å². The quantitative estimate of drug-likeness (QED) is 0.733. The third-order valence-corrected chi connectivity index (χ3v) is 6.35. The number of carboxylic acid groups (broad SMARTS) is 1. The maximum Gasteiger partial charge on any atom is 0.335 e. The molecule has 2 aromatic rings. The second-order valence-electron chi connectivity index (χ2n) is 6.12. The Hall–Kier alpha value is -2.52. The van der Waals surface area contributed by atoms with E-state index in [9.17, 15) is 23.1 Å². The lowest BCUT2D eigenvalue weighted by Crippen LogP contribution is -2.17. The zero-order chi connectivity index (χ0) is 20.4. The minimum absolute atomic E-state index is 0.0951. The average molecular weight is 409 g/mol. The van der Waals surface area contributed by atoms with Crippen LogP contribution < -0.4 is 4.72 Å². The van der Waals surface area contributed by atoms with E-state index in [1.807, 2.05) is 0 Å². The fourth-order valence-electron chi connectivity index (χ4n) is 2.25. The van der Waals surface area contributed by atoms with Crippen LogP contribution in [0.1, 0.15) is 21.5 Å². The Morgan fingerprint density at radius 3 is 2.37 bits per heavy atom. The lowest BCUT2D eigenvalue weighted by molar-refractivity contribution is 0.0696. The molecule has 0 saturated heterocycles. The number of carbonyl (C=O) groups is 2.